The Morgan fingerprint density at radius 2 is 1.72 bits per heavy atom. The number of hydrogen-bond acceptors (Lipinski definition) is 4. The molecular weight excluding hydrogens is 388 g/mol. The van der Waals surface area contributed by atoms with Crippen LogP contribution in [0.25, 0.3) is 5.57 Å². The third-order valence-electron chi connectivity index (χ3n) is 5.55. The molecule has 29 heavy (non-hydrogen) atoms. The molecule has 2 amide bonds. The second-order valence-corrected chi connectivity index (χ2v) is 7.99. The van der Waals surface area contributed by atoms with Crippen LogP contribution in [-0.2, 0) is 16.1 Å². The van der Waals surface area contributed by atoms with Gasteiger partial charge in [-0.3, -0.25) is 14.5 Å². The predicted octanol–water partition coefficient (Wildman–Crippen LogP) is 3.32. The third kappa shape index (κ3) is 3.93. The van der Waals surface area contributed by atoms with Crippen molar-refractivity contribution in [3.63, 3.8) is 0 Å². The summed E-state index contributed by atoms with van der Waals surface area (Å²) in [5.74, 6) is -0.460. The summed E-state index contributed by atoms with van der Waals surface area (Å²) in [4.78, 5) is 30.0. The number of aliphatic hydroxyl groups is 1. The van der Waals surface area contributed by atoms with E-state index in [0.717, 1.165) is 18.4 Å². The minimum atomic E-state index is -0.290. The zero-order chi connectivity index (χ0) is 20.4. The first-order chi connectivity index (χ1) is 14.1. The Bertz CT molecular complexity index is 940. The lowest BCUT2D eigenvalue weighted by molar-refractivity contribution is -0.138. The first-order valence-corrected chi connectivity index (χ1v) is 10.2. The van der Waals surface area contributed by atoms with Crippen molar-refractivity contribution < 1.29 is 14.7 Å². The van der Waals surface area contributed by atoms with E-state index in [2.05, 4.69) is 0 Å². The Morgan fingerprint density at radius 1 is 1.00 bits per heavy atom. The molecule has 2 aliphatic heterocycles. The lowest BCUT2D eigenvalue weighted by Gasteiger charge is -2.34. The number of rotatable bonds is 5. The summed E-state index contributed by atoms with van der Waals surface area (Å²) >= 11 is 6.03. The Labute approximate surface area is 175 Å². The van der Waals surface area contributed by atoms with Crippen LogP contribution in [-0.4, -0.2) is 46.4 Å². The number of carbonyl (C=O) groups is 2. The Balaban J connectivity index is 1.73. The van der Waals surface area contributed by atoms with E-state index in [0.29, 0.717) is 34.9 Å². The predicted molar refractivity (Wildman–Crippen MR) is 112 cm³/mol. The van der Waals surface area contributed by atoms with Gasteiger partial charge in [-0.15, -0.1) is 0 Å². The van der Waals surface area contributed by atoms with Gasteiger partial charge in [-0.1, -0.05) is 54.1 Å². The summed E-state index contributed by atoms with van der Waals surface area (Å²) in [5, 5.41) is 10.2. The van der Waals surface area contributed by atoms with Gasteiger partial charge in [0, 0.05) is 24.7 Å². The highest BCUT2D eigenvalue weighted by atomic mass is 35.5. The molecule has 5 nitrogen and oxygen atoms in total. The molecule has 1 fully saturated rings. The van der Waals surface area contributed by atoms with Gasteiger partial charge in [0.05, 0.1) is 12.1 Å². The molecule has 0 aromatic heterocycles. The number of likely N-dealkylation sites (tertiary alicyclic amines) is 1. The molecular formula is C23H23ClN2O3. The normalized spacial score (nSPS) is 20.0. The minimum Gasteiger partial charge on any atom is -0.396 e. The largest absolute Gasteiger partial charge is 0.396 e. The summed E-state index contributed by atoms with van der Waals surface area (Å²) in [6.07, 6.45) is 1.80. The van der Waals surface area contributed by atoms with Gasteiger partial charge in [-0.05, 0) is 42.0 Å². The first kappa shape index (κ1) is 19.7. The van der Waals surface area contributed by atoms with Crippen LogP contribution in [0.3, 0.4) is 0 Å². The second kappa shape index (κ2) is 8.39. The van der Waals surface area contributed by atoms with Crippen LogP contribution in [0.1, 0.15) is 24.0 Å². The summed E-state index contributed by atoms with van der Waals surface area (Å²) in [5.41, 5.74) is 2.44. The number of piperidine rings is 1. The SMILES string of the molecule is O=C1C(c2ccc(Cl)cc2)=C(N2CCCC(CO)C2)C(=O)N1Cc1ccccc1. The lowest BCUT2D eigenvalue weighted by Crippen LogP contribution is -2.40. The van der Waals surface area contributed by atoms with E-state index in [9.17, 15) is 14.7 Å². The monoisotopic (exact) mass is 410 g/mol. The zero-order valence-corrected chi connectivity index (χ0v) is 16.8. The molecule has 2 aromatic carbocycles. The molecule has 150 valence electrons. The molecule has 0 spiro atoms. The molecule has 0 saturated carbocycles. The summed E-state index contributed by atoms with van der Waals surface area (Å²) in [7, 11) is 0. The highest BCUT2D eigenvalue weighted by Gasteiger charge is 2.42. The lowest BCUT2D eigenvalue weighted by atomic mass is 9.97. The van der Waals surface area contributed by atoms with E-state index >= 15 is 0 Å². The molecule has 1 unspecified atom stereocenters. The smallest absolute Gasteiger partial charge is 0.278 e. The van der Waals surface area contributed by atoms with Crippen LogP contribution in [0.5, 0.6) is 0 Å². The standard InChI is InChI=1S/C23H23ClN2O3/c24-19-10-8-18(9-11-19)20-21(25-12-4-7-17(13-25)15-27)23(29)26(22(20)28)14-16-5-2-1-3-6-16/h1-3,5-6,8-11,17,27H,4,7,12-15H2. The van der Waals surface area contributed by atoms with Crippen LogP contribution in [0.4, 0.5) is 0 Å². The van der Waals surface area contributed by atoms with Crippen LogP contribution >= 0.6 is 11.6 Å². The van der Waals surface area contributed by atoms with Gasteiger partial charge in [-0.2, -0.15) is 0 Å². The van der Waals surface area contributed by atoms with Gasteiger partial charge >= 0.3 is 0 Å². The average molecular weight is 411 g/mol. The summed E-state index contributed by atoms with van der Waals surface area (Å²) in [6, 6.07) is 16.5. The number of nitrogens with zero attached hydrogens (tertiary/aromatic N) is 2. The number of benzene rings is 2. The van der Waals surface area contributed by atoms with Gasteiger partial charge in [0.25, 0.3) is 11.8 Å². The third-order valence-corrected chi connectivity index (χ3v) is 5.81. The van der Waals surface area contributed by atoms with E-state index < -0.39 is 0 Å². The van der Waals surface area contributed by atoms with Gasteiger partial charge in [0.2, 0.25) is 0 Å². The quantitative estimate of drug-likeness (QED) is 0.768. The van der Waals surface area contributed by atoms with Crippen molar-refractivity contribution in [2.75, 3.05) is 19.7 Å². The van der Waals surface area contributed by atoms with Crippen LogP contribution in [0.15, 0.2) is 60.3 Å². The van der Waals surface area contributed by atoms with Gasteiger partial charge in [-0.25, -0.2) is 0 Å². The molecule has 0 aliphatic carbocycles. The highest BCUT2D eigenvalue weighted by Crippen LogP contribution is 2.35. The maximum absolute atomic E-state index is 13.4. The number of imide groups is 1. The molecule has 0 radical (unpaired) electrons. The fraction of sp³-hybridized carbons (Fsp3) is 0.304. The van der Waals surface area contributed by atoms with Crippen molar-refractivity contribution in [3.05, 3.63) is 76.4 Å². The van der Waals surface area contributed by atoms with Crippen molar-refractivity contribution >= 4 is 29.0 Å². The van der Waals surface area contributed by atoms with E-state index in [1.807, 2.05) is 35.2 Å². The number of halogens is 1. The van der Waals surface area contributed by atoms with Crippen LogP contribution in [0, 0.1) is 5.92 Å². The van der Waals surface area contributed by atoms with E-state index in [-0.39, 0.29) is 30.9 Å². The molecule has 1 saturated heterocycles. The average Bonchev–Trinajstić information content (AvgIpc) is 3.00. The van der Waals surface area contributed by atoms with Crippen molar-refractivity contribution in [3.8, 4) is 0 Å². The molecule has 1 N–H and O–H groups in total. The minimum absolute atomic E-state index is 0.0793. The van der Waals surface area contributed by atoms with E-state index in [4.69, 9.17) is 11.6 Å². The van der Waals surface area contributed by atoms with Crippen molar-refractivity contribution in [1.29, 1.82) is 0 Å². The Hall–Kier alpha value is -2.63. The fourth-order valence-corrected chi connectivity index (χ4v) is 4.19. The van der Waals surface area contributed by atoms with Gasteiger partial charge in [0.1, 0.15) is 5.70 Å². The number of carbonyl (C=O) groups excluding carboxylic acids is 2. The topological polar surface area (TPSA) is 60.9 Å². The highest BCUT2D eigenvalue weighted by molar-refractivity contribution is 6.35. The van der Waals surface area contributed by atoms with E-state index in [1.54, 1.807) is 24.3 Å². The van der Waals surface area contributed by atoms with Crippen molar-refractivity contribution in [1.82, 2.24) is 9.80 Å². The maximum atomic E-state index is 13.4. The van der Waals surface area contributed by atoms with E-state index in [1.165, 1.54) is 4.90 Å². The van der Waals surface area contributed by atoms with Crippen molar-refractivity contribution in [2.45, 2.75) is 19.4 Å². The molecule has 2 aliphatic rings. The maximum Gasteiger partial charge on any atom is 0.278 e. The Morgan fingerprint density at radius 3 is 2.41 bits per heavy atom. The molecule has 6 heteroatoms. The Kier molecular flexibility index (Phi) is 5.69. The molecule has 2 aromatic rings. The molecule has 1 atom stereocenters. The van der Waals surface area contributed by atoms with Crippen LogP contribution < -0.4 is 0 Å². The first-order valence-electron chi connectivity index (χ1n) is 9.84. The number of hydrogen-bond donors (Lipinski definition) is 1. The number of aliphatic hydroxyl groups excluding tert-OH is 1. The van der Waals surface area contributed by atoms with Crippen LogP contribution in [0.2, 0.25) is 5.02 Å². The molecule has 4 rings (SSSR count). The van der Waals surface area contributed by atoms with Gasteiger partial charge < -0.3 is 10.0 Å². The molecule has 2 heterocycles. The van der Waals surface area contributed by atoms with Crippen molar-refractivity contribution in [2.24, 2.45) is 5.92 Å². The van der Waals surface area contributed by atoms with Gasteiger partial charge in [0.15, 0.2) is 0 Å². The summed E-state index contributed by atoms with van der Waals surface area (Å²) in [6.45, 7) is 1.58. The zero-order valence-electron chi connectivity index (χ0n) is 16.1. The fourth-order valence-electron chi connectivity index (χ4n) is 4.06. The summed E-state index contributed by atoms with van der Waals surface area (Å²) < 4.78 is 0. The number of amides is 2. The molecule has 0 bridgehead atoms. The second-order valence-electron chi connectivity index (χ2n) is 7.55.